The predicted octanol–water partition coefficient (Wildman–Crippen LogP) is 4.23. The smallest absolute Gasteiger partial charge is 0.258 e. The van der Waals surface area contributed by atoms with Crippen LogP contribution < -0.4 is 24.8 Å². The summed E-state index contributed by atoms with van der Waals surface area (Å²) in [6, 6.07) is 15.9. The average Bonchev–Trinajstić information content (AvgIpc) is 2.98. The number of halogens is 1. The summed E-state index contributed by atoms with van der Waals surface area (Å²) in [5, 5.41) is 5.72. The van der Waals surface area contributed by atoms with Crippen LogP contribution in [0.25, 0.3) is 0 Å². The zero-order valence-corrected chi connectivity index (χ0v) is 24.7. The van der Waals surface area contributed by atoms with Gasteiger partial charge in [-0.1, -0.05) is 32.9 Å². The minimum atomic E-state index is -0.607. The monoisotopic (exact) mass is 589 g/mol. The maximum atomic E-state index is 14.5. The molecule has 9 nitrogen and oxygen atoms in total. The predicted molar refractivity (Wildman–Crippen MR) is 158 cm³/mol. The van der Waals surface area contributed by atoms with Crippen molar-refractivity contribution in [1.82, 2.24) is 15.5 Å². The largest absolute Gasteiger partial charge is 0.493 e. The third-order valence-corrected chi connectivity index (χ3v) is 7.64. The first-order valence-corrected chi connectivity index (χ1v) is 14.2. The van der Waals surface area contributed by atoms with Crippen molar-refractivity contribution in [2.75, 3.05) is 26.8 Å². The molecule has 0 saturated carbocycles. The number of nitrogens with zero attached hydrogens (tertiary/aromatic N) is 1. The summed E-state index contributed by atoms with van der Waals surface area (Å²) in [6.45, 7) is 6.65. The lowest BCUT2D eigenvalue weighted by Crippen LogP contribution is -2.58. The Labute approximate surface area is 250 Å². The summed E-state index contributed by atoms with van der Waals surface area (Å²) >= 11 is 0. The molecule has 43 heavy (non-hydrogen) atoms. The van der Waals surface area contributed by atoms with Crippen LogP contribution in [0.4, 0.5) is 4.39 Å². The van der Waals surface area contributed by atoms with Crippen LogP contribution in [-0.2, 0) is 16.8 Å². The second kappa shape index (κ2) is 12.3. The fourth-order valence-corrected chi connectivity index (χ4v) is 5.23. The maximum Gasteiger partial charge on any atom is 0.258 e. The van der Waals surface area contributed by atoms with Gasteiger partial charge in [0, 0.05) is 43.2 Å². The van der Waals surface area contributed by atoms with E-state index in [0.29, 0.717) is 29.8 Å². The highest BCUT2D eigenvalue weighted by molar-refractivity contribution is 5.96. The van der Waals surface area contributed by atoms with E-state index >= 15 is 0 Å². The Balaban J connectivity index is 1.44. The van der Waals surface area contributed by atoms with Gasteiger partial charge in [-0.2, -0.15) is 0 Å². The number of nitrogens with one attached hydrogen (secondary N) is 2. The second-order valence-electron chi connectivity index (χ2n) is 11.8. The quantitative estimate of drug-likeness (QED) is 0.464. The molecule has 1 saturated heterocycles. The Hall–Kier alpha value is -4.60. The van der Waals surface area contributed by atoms with Crippen LogP contribution in [0.2, 0.25) is 0 Å². The number of benzene rings is 3. The lowest BCUT2D eigenvalue weighted by Gasteiger charge is -2.39. The number of amides is 3. The van der Waals surface area contributed by atoms with Gasteiger partial charge in [0.15, 0.2) is 18.1 Å². The number of carbonyl (C=O) groups excluding carboxylic acids is 3. The fourth-order valence-electron chi connectivity index (χ4n) is 5.23. The number of carbonyl (C=O) groups is 3. The van der Waals surface area contributed by atoms with E-state index in [1.807, 2.05) is 24.3 Å². The van der Waals surface area contributed by atoms with Gasteiger partial charge in [-0.25, -0.2) is 4.39 Å². The third kappa shape index (κ3) is 7.07. The van der Waals surface area contributed by atoms with Gasteiger partial charge in [-0.05, 0) is 59.0 Å². The molecule has 2 atom stereocenters. The first-order chi connectivity index (χ1) is 20.5. The second-order valence-corrected chi connectivity index (χ2v) is 11.8. The SMILES string of the molecule is COc1ccc2cc1OCC(=O)NCc1cc(F)cc(c1)O[C@@H]1CCN(C(=O)c3ccc(C(C)(C)C)cc3)C[C@@H]1NC2=O. The van der Waals surface area contributed by atoms with Crippen LogP contribution in [0.3, 0.4) is 0 Å². The van der Waals surface area contributed by atoms with E-state index in [0.717, 1.165) is 5.56 Å². The van der Waals surface area contributed by atoms with Crippen molar-refractivity contribution in [1.29, 1.82) is 0 Å². The van der Waals surface area contributed by atoms with Crippen LogP contribution in [0.1, 0.15) is 59.0 Å². The molecule has 2 N–H and O–H groups in total. The molecule has 226 valence electrons. The van der Waals surface area contributed by atoms with Gasteiger partial charge in [0.1, 0.15) is 17.7 Å². The Morgan fingerprint density at radius 2 is 1.81 bits per heavy atom. The lowest BCUT2D eigenvalue weighted by atomic mass is 9.86. The molecule has 0 unspecified atom stereocenters. The highest BCUT2D eigenvalue weighted by atomic mass is 19.1. The van der Waals surface area contributed by atoms with Crippen molar-refractivity contribution in [2.24, 2.45) is 0 Å². The van der Waals surface area contributed by atoms with Gasteiger partial charge in [0.2, 0.25) is 0 Å². The van der Waals surface area contributed by atoms with Crippen LogP contribution in [0.5, 0.6) is 17.2 Å². The van der Waals surface area contributed by atoms with Gasteiger partial charge in [-0.15, -0.1) is 0 Å². The molecule has 3 aromatic rings. The molecule has 10 heteroatoms. The van der Waals surface area contributed by atoms with Crippen molar-refractivity contribution in [2.45, 2.75) is 51.3 Å². The molecule has 4 bridgehead atoms. The van der Waals surface area contributed by atoms with Gasteiger partial charge in [0.05, 0.1) is 13.2 Å². The summed E-state index contributed by atoms with van der Waals surface area (Å²) in [4.78, 5) is 41.2. The number of fused-ring (bicyclic) bond motifs is 5. The van der Waals surface area contributed by atoms with Crippen molar-refractivity contribution >= 4 is 17.7 Å². The number of piperidine rings is 1. The van der Waals surface area contributed by atoms with E-state index in [1.54, 1.807) is 23.1 Å². The minimum absolute atomic E-state index is 0.0417. The van der Waals surface area contributed by atoms with Crippen molar-refractivity contribution in [3.8, 4) is 17.2 Å². The average molecular weight is 590 g/mol. The summed E-state index contributed by atoms with van der Waals surface area (Å²) in [5.74, 6) is -0.686. The zero-order valence-electron chi connectivity index (χ0n) is 24.7. The summed E-state index contributed by atoms with van der Waals surface area (Å²) in [6.07, 6.45) is -0.154. The molecule has 2 aliphatic rings. The fraction of sp³-hybridized carbons (Fsp3) is 0.364. The standard InChI is InChI=1S/C33H36FN3O6/c1-33(2,3)23-8-5-21(6-9-23)32(40)37-12-11-27-26(18-37)36-31(39)22-7-10-28(41-4)29(15-22)42-19-30(38)35-17-20-13-24(34)16-25(14-20)43-27/h5-10,13-16,26-27H,11-12,17-19H2,1-4H3,(H,35,38)(H,36,39)/t26-,27+/m0/s1. The Morgan fingerprint density at radius 1 is 1.05 bits per heavy atom. The molecule has 2 aliphatic heterocycles. The molecule has 2 heterocycles. The summed E-state index contributed by atoms with van der Waals surface area (Å²) in [7, 11) is 1.46. The first-order valence-electron chi connectivity index (χ1n) is 14.2. The van der Waals surface area contributed by atoms with Crippen LogP contribution >= 0.6 is 0 Å². The van der Waals surface area contributed by atoms with Crippen LogP contribution in [0, 0.1) is 5.82 Å². The highest BCUT2D eigenvalue weighted by Crippen LogP contribution is 2.29. The topological polar surface area (TPSA) is 106 Å². The molecule has 1 fully saturated rings. The number of rotatable bonds is 2. The number of hydrogen-bond donors (Lipinski definition) is 2. The normalized spacial score (nSPS) is 19.2. The highest BCUT2D eigenvalue weighted by Gasteiger charge is 2.35. The molecule has 3 amide bonds. The van der Waals surface area contributed by atoms with E-state index < -0.39 is 29.8 Å². The number of likely N-dealkylation sites (tertiary alicyclic amines) is 1. The van der Waals surface area contributed by atoms with Crippen molar-refractivity contribution in [3.63, 3.8) is 0 Å². The first kappa shape index (κ1) is 29.9. The molecule has 0 radical (unpaired) electrons. The van der Waals surface area contributed by atoms with E-state index in [-0.39, 0.29) is 48.1 Å². The molecule has 0 aliphatic carbocycles. The van der Waals surface area contributed by atoms with Gasteiger partial charge in [-0.3, -0.25) is 14.4 Å². The number of hydrogen-bond acceptors (Lipinski definition) is 6. The number of ether oxygens (including phenoxy) is 3. The molecule has 0 spiro atoms. The van der Waals surface area contributed by atoms with Gasteiger partial charge < -0.3 is 29.7 Å². The maximum absolute atomic E-state index is 14.5. The molecule has 5 rings (SSSR count). The van der Waals surface area contributed by atoms with Gasteiger partial charge in [0.25, 0.3) is 17.7 Å². The van der Waals surface area contributed by atoms with Gasteiger partial charge >= 0.3 is 0 Å². The Morgan fingerprint density at radius 3 is 2.53 bits per heavy atom. The van der Waals surface area contributed by atoms with E-state index in [4.69, 9.17) is 14.2 Å². The van der Waals surface area contributed by atoms with Crippen LogP contribution in [0.15, 0.2) is 60.7 Å². The summed E-state index contributed by atoms with van der Waals surface area (Å²) < 4.78 is 31.8. The third-order valence-electron chi connectivity index (χ3n) is 7.64. The lowest BCUT2D eigenvalue weighted by molar-refractivity contribution is -0.123. The Bertz CT molecular complexity index is 1520. The zero-order chi connectivity index (χ0) is 30.7. The molecular formula is C33H36FN3O6. The van der Waals surface area contributed by atoms with Crippen molar-refractivity contribution in [3.05, 3.63) is 88.7 Å². The number of methoxy groups -OCH3 is 1. The minimum Gasteiger partial charge on any atom is -0.493 e. The van der Waals surface area contributed by atoms with Crippen molar-refractivity contribution < 1.29 is 33.0 Å². The Kier molecular flexibility index (Phi) is 8.57. The molecule has 3 aromatic carbocycles. The van der Waals surface area contributed by atoms with E-state index in [1.165, 1.54) is 25.3 Å². The van der Waals surface area contributed by atoms with E-state index in [9.17, 15) is 18.8 Å². The molecular weight excluding hydrogens is 553 g/mol. The van der Waals surface area contributed by atoms with E-state index in [2.05, 4.69) is 31.4 Å². The summed E-state index contributed by atoms with van der Waals surface area (Å²) in [5.41, 5.74) is 2.41. The molecule has 0 aromatic heterocycles. The van der Waals surface area contributed by atoms with Crippen LogP contribution in [-0.4, -0.2) is 61.6 Å².